The van der Waals surface area contributed by atoms with E-state index in [4.69, 9.17) is 4.74 Å². The summed E-state index contributed by atoms with van der Waals surface area (Å²) in [7, 11) is 1.58. The van der Waals surface area contributed by atoms with Gasteiger partial charge in [-0.3, -0.25) is 9.69 Å². The monoisotopic (exact) mass is 443 g/mol. The van der Waals surface area contributed by atoms with Gasteiger partial charge >= 0.3 is 5.97 Å². The number of carboxylic acids is 1. The van der Waals surface area contributed by atoms with Crippen molar-refractivity contribution in [2.75, 3.05) is 12.0 Å². The topological polar surface area (TPSA) is 66.8 Å². The van der Waals surface area contributed by atoms with Crippen LogP contribution in [0, 0.1) is 0 Å². The zero-order chi connectivity index (χ0) is 23.8. The molecule has 0 aliphatic carbocycles. The number of aliphatic carboxylic acids is 1. The van der Waals surface area contributed by atoms with Crippen LogP contribution >= 0.6 is 0 Å². The van der Waals surface area contributed by atoms with Crippen molar-refractivity contribution in [3.05, 3.63) is 95.1 Å². The largest absolute Gasteiger partial charge is 0.496 e. The van der Waals surface area contributed by atoms with Crippen molar-refractivity contribution in [2.45, 2.75) is 44.6 Å². The van der Waals surface area contributed by atoms with Gasteiger partial charge in [0.2, 0.25) is 0 Å². The Labute approximate surface area is 194 Å². The van der Waals surface area contributed by atoms with Crippen LogP contribution in [0.1, 0.15) is 47.8 Å². The van der Waals surface area contributed by atoms with Gasteiger partial charge < -0.3 is 9.84 Å². The van der Waals surface area contributed by atoms with E-state index in [9.17, 15) is 14.7 Å². The average Bonchev–Trinajstić information content (AvgIpc) is 3.13. The second-order valence-electron chi connectivity index (χ2n) is 9.61. The first-order chi connectivity index (χ1) is 15.7. The smallest absolute Gasteiger partial charge is 0.330 e. The Morgan fingerprint density at radius 3 is 2.30 bits per heavy atom. The summed E-state index contributed by atoms with van der Waals surface area (Å²) in [5.74, 6) is -0.754. The van der Waals surface area contributed by atoms with Crippen molar-refractivity contribution in [3.63, 3.8) is 0 Å². The van der Waals surface area contributed by atoms with Gasteiger partial charge in [-0.15, -0.1) is 0 Å². The first kappa shape index (κ1) is 22.6. The Bertz CT molecular complexity index is 1200. The number of carbonyl (C=O) groups is 2. The molecule has 1 aliphatic rings. The Morgan fingerprint density at radius 1 is 1.00 bits per heavy atom. The van der Waals surface area contributed by atoms with Crippen molar-refractivity contribution in [2.24, 2.45) is 0 Å². The molecule has 0 radical (unpaired) electrons. The lowest BCUT2D eigenvalue weighted by Gasteiger charge is -2.35. The number of benzene rings is 3. The van der Waals surface area contributed by atoms with Crippen LogP contribution in [0.25, 0.3) is 0 Å². The molecule has 1 aliphatic heterocycles. The normalized spacial score (nSPS) is 17.5. The van der Waals surface area contributed by atoms with Crippen LogP contribution in [0.2, 0.25) is 0 Å². The maximum absolute atomic E-state index is 14.0. The van der Waals surface area contributed by atoms with E-state index >= 15 is 0 Å². The average molecular weight is 444 g/mol. The number of ether oxygens (including phenoxy) is 1. The van der Waals surface area contributed by atoms with Gasteiger partial charge in [-0.05, 0) is 40.3 Å². The molecule has 1 unspecified atom stereocenters. The number of rotatable bonds is 5. The Balaban J connectivity index is 1.85. The SMILES string of the molecule is COc1cc(C(=O)N2c3ccccc3CC2(Cc2ccccc2)C(=O)O)ccc1C(C)(C)C. The summed E-state index contributed by atoms with van der Waals surface area (Å²) >= 11 is 0. The minimum Gasteiger partial charge on any atom is -0.496 e. The Morgan fingerprint density at radius 2 is 1.67 bits per heavy atom. The van der Waals surface area contributed by atoms with Crippen LogP contribution in [-0.4, -0.2) is 29.6 Å². The Kier molecular flexibility index (Phi) is 5.75. The molecule has 1 N–H and O–H groups in total. The molecule has 5 heteroatoms. The van der Waals surface area contributed by atoms with E-state index in [2.05, 4.69) is 20.8 Å². The molecule has 3 aromatic rings. The van der Waals surface area contributed by atoms with Crippen LogP contribution in [0.4, 0.5) is 5.69 Å². The van der Waals surface area contributed by atoms with Crippen LogP contribution < -0.4 is 9.64 Å². The van der Waals surface area contributed by atoms with Crippen molar-refractivity contribution < 1.29 is 19.4 Å². The highest BCUT2D eigenvalue weighted by Gasteiger charge is 2.53. The number of hydrogen-bond donors (Lipinski definition) is 1. The molecule has 4 rings (SSSR count). The van der Waals surface area contributed by atoms with Gasteiger partial charge in [-0.25, -0.2) is 4.79 Å². The number of hydrogen-bond acceptors (Lipinski definition) is 3. The van der Waals surface area contributed by atoms with Crippen LogP contribution in [0.5, 0.6) is 5.75 Å². The molecule has 0 saturated heterocycles. The first-order valence-electron chi connectivity index (χ1n) is 11.1. The predicted octanol–water partition coefficient (Wildman–Crippen LogP) is 5.26. The third-order valence-corrected chi connectivity index (χ3v) is 6.34. The maximum atomic E-state index is 14.0. The highest BCUT2D eigenvalue weighted by Crippen LogP contribution is 2.43. The summed E-state index contributed by atoms with van der Waals surface area (Å²) in [4.78, 5) is 28.3. The van der Waals surface area contributed by atoms with E-state index in [1.165, 1.54) is 4.90 Å². The molecule has 0 saturated carbocycles. The standard InChI is InChI=1S/C28H29NO4/c1-27(2,3)22-15-14-20(16-24(22)33-4)25(30)29-23-13-9-8-12-21(23)18-28(29,26(31)32)17-19-10-6-5-7-11-19/h5-16H,17-18H2,1-4H3,(H,31,32). The number of amides is 1. The number of fused-ring (bicyclic) bond motifs is 1. The highest BCUT2D eigenvalue weighted by atomic mass is 16.5. The Hall–Kier alpha value is -3.60. The van der Waals surface area contributed by atoms with Gasteiger partial charge in [0.05, 0.1) is 7.11 Å². The first-order valence-corrected chi connectivity index (χ1v) is 11.1. The van der Waals surface area contributed by atoms with Gasteiger partial charge in [-0.1, -0.05) is 75.4 Å². The van der Waals surface area contributed by atoms with E-state index < -0.39 is 11.5 Å². The third kappa shape index (κ3) is 3.99. The molecule has 33 heavy (non-hydrogen) atoms. The fraction of sp³-hybridized carbons (Fsp3) is 0.286. The maximum Gasteiger partial charge on any atom is 0.330 e. The van der Waals surface area contributed by atoms with Crippen molar-refractivity contribution in [3.8, 4) is 5.75 Å². The summed E-state index contributed by atoms with van der Waals surface area (Å²) in [6.07, 6.45) is 0.456. The number of anilines is 1. The van der Waals surface area contributed by atoms with E-state index in [1.54, 1.807) is 19.2 Å². The van der Waals surface area contributed by atoms with Crippen molar-refractivity contribution in [1.29, 1.82) is 0 Å². The molecule has 1 heterocycles. The van der Waals surface area contributed by atoms with Crippen LogP contribution in [0.15, 0.2) is 72.8 Å². The van der Waals surface area contributed by atoms with Crippen molar-refractivity contribution >= 4 is 17.6 Å². The number of methoxy groups -OCH3 is 1. The molecule has 1 amide bonds. The second-order valence-corrected chi connectivity index (χ2v) is 9.61. The minimum absolute atomic E-state index is 0.161. The molecule has 0 fully saturated rings. The minimum atomic E-state index is -1.42. The van der Waals surface area contributed by atoms with Crippen molar-refractivity contribution in [1.82, 2.24) is 0 Å². The lowest BCUT2D eigenvalue weighted by molar-refractivity contribution is -0.143. The third-order valence-electron chi connectivity index (χ3n) is 6.34. The molecule has 0 bridgehead atoms. The number of carboxylic acid groups (broad SMARTS) is 1. The van der Waals surface area contributed by atoms with E-state index in [-0.39, 0.29) is 24.2 Å². The molecule has 1 atom stereocenters. The quantitative estimate of drug-likeness (QED) is 0.584. The van der Waals surface area contributed by atoms with Gasteiger partial charge in [0.15, 0.2) is 5.54 Å². The number of para-hydroxylation sites is 1. The fourth-order valence-corrected chi connectivity index (χ4v) is 4.70. The van der Waals surface area contributed by atoms with Gasteiger partial charge in [0.25, 0.3) is 5.91 Å². The summed E-state index contributed by atoms with van der Waals surface area (Å²) in [5, 5.41) is 10.5. The zero-order valence-electron chi connectivity index (χ0n) is 19.5. The van der Waals surface area contributed by atoms with E-state index in [0.29, 0.717) is 17.0 Å². The molecule has 170 valence electrons. The lowest BCUT2D eigenvalue weighted by Crippen LogP contribution is -2.57. The number of nitrogens with zero attached hydrogens (tertiary/aromatic N) is 1. The van der Waals surface area contributed by atoms with Crippen LogP contribution in [0.3, 0.4) is 0 Å². The molecule has 0 aromatic heterocycles. The molecule has 5 nitrogen and oxygen atoms in total. The summed E-state index contributed by atoms with van der Waals surface area (Å²) in [6.45, 7) is 6.25. The summed E-state index contributed by atoms with van der Waals surface area (Å²) in [6, 6.07) is 22.3. The van der Waals surface area contributed by atoms with Gasteiger partial charge in [0, 0.05) is 24.1 Å². The molecule has 3 aromatic carbocycles. The van der Waals surface area contributed by atoms with E-state index in [1.807, 2.05) is 60.7 Å². The van der Waals surface area contributed by atoms with Gasteiger partial charge in [-0.2, -0.15) is 0 Å². The number of carbonyl (C=O) groups excluding carboxylic acids is 1. The van der Waals surface area contributed by atoms with E-state index in [0.717, 1.165) is 16.7 Å². The van der Waals surface area contributed by atoms with Crippen LogP contribution in [-0.2, 0) is 23.1 Å². The molecule has 0 spiro atoms. The molecular weight excluding hydrogens is 414 g/mol. The zero-order valence-corrected chi connectivity index (χ0v) is 19.5. The summed E-state index contributed by atoms with van der Waals surface area (Å²) in [5.41, 5.74) is 2.16. The lowest BCUT2D eigenvalue weighted by atomic mass is 9.85. The highest BCUT2D eigenvalue weighted by molar-refractivity contribution is 6.12. The van der Waals surface area contributed by atoms with Gasteiger partial charge in [0.1, 0.15) is 5.75 Å². The second kappa shape index (κ2) is 8.39. The fourth-order valence-electron chi connectivity index (χ4n) is 4.70. The predicted molar refractivity (Wildman–Crippen MR) is 129 cm³/mol. The summed E-state index contributed by atoms with van der Waals surface area (Å²) < 4.78 is 5.60. The molecular formula is C28H29NO4.